The first-order valence-corrected chi connectivity index (χ1v) is 9.58. The Bertz CT molecular complexity index is 882. The van der Waals surface area contributed by atoms with Crippen LogP contribution < -0.4 is 15.4 Å². The van der Waals surface area contributed by atoms with Crippen molar-refractivity contribution in [3.05, 3.63) is 52.8 Å². The van der Waals surface area contributed by atoms with Gasteiger partial charge in [0.15, 0.2) is 0 Å². The number of amides is 2. The number of hydrogen-bond donors (Lipinski definition) is 2. The molecule has 0 saturated heterocycles. The molecule has 1 saturated carbocycles. The first-order valence-electron chi connectivity index (χ1n) is 9.20. The van der Waals surface area contributed by atoms with Gasteiger partial charge < -0.3 is 15.4 Å². The van der Waals surface area contributed by atoms with Crippen LogP contribution in [0.2, 0.25) is 5.02 Å². The molecule has 0 bridgehead atoms. The van der Waals surface area contributed by atoms with Gasteiger partial charge in [-0.3, -0.25) is 9.59 Å². The molecule has 5 nitrogen and oxygen atoms in total. The van der Waals surface area contributed by atoms with Gasteiger partial charge in [-0.25, -0.2) is 4.39 Å². The summed E-state index contributed by atoms with van der Waals surface area (Å²) >= 11 is 5.73. The molecule has 1 aliphatic carbocycles. The normalized spacial score (nSPS) is 14.0. The lowest BCUT2D eigenvalue weighted by Crippen LogP contribution is -2.17. The summed E-state index contributed by atoms with van der Waals surface area (Å²) < 4.78 is 19.3. The molecule has 1 fully saturated rings. The molecule has 7 heteroatoms. The van der Waals surface area contributed by atoms with Crippen LogP contribution in [-0.2, 0) is 4.79 Å². The number of carbonyl (C=O) groups excluding carboxylic acids is 2. The van der Waals surface area contributed by atoms with Crippen LogP contribution in [0.15, 0.2) is 36.4 Å². The highest BCUT2D eigenvalue weighted by Crippen LogP contribution is 2.30. The zero-order chi connectivity index (χ0) is 20.1. The van der Waals surface area contributed by atoms with E-state index in [2.05, 4.69) is 10.6 Å². The van der Waals surface area contributed by atoms with Crippen LogP contribution in [0.1, 0.15) is 42.5 Å². The van der Waals surface area contributed by atoms with Crippen LogP contribution in [0.25, 0.3) is 0 Å². The van der Waals surface area contributed by atoms with Crippen molar-refractivity contribution in [2.45, 2.75) is 32.1 Å². The van der Waals surface area contributed by atoms with E-state index in [0.29, 0.717) is 29.5 Å². The summed E-state index contributed by atoms with van der Waals surface area (Å²) in [7, 11) is 1.46. The Balaban J connectivity index is 1.73. The Labute approximate surface area is 168 Å². The lowest BCUT2D eigenvalue weighted by molar-refractivity contribution is -0.117. The average molecular weight is 405 g/mol. The standard InChI is InChI=1S/C21H22ClFN2O3/c1-28-19-9-7-15(24-20(26)10-13-4-2-3-5-13)12-18(19)25-21(27)16-8-6-14(22)11-17(16)23/h6-9,11-13H,2-5,10H2,1H3,(H,24,26)(H,25,27). The van der Waals surface area contributed by atoms with E-state index in [-0.39, 0.29) is 16.5 Å². The molecule has 2 N–H and O–H groups in total. The minimum Gasteiger partial charge on any atom is -0.495 e. The number of methoxy groups -OCH3 is 1. The molecule has 148 valence electrons. The Morgan fingerprint density at radius 2 is 1.89 bits per heavy atom. The fourth-order valence-electron chi connectivity index (χ4n) is 3.44. The molecule has 28 heavy (non-hydrogen) atoms. The van der Waals surface area contributed by atoms with Crippen molar-refractivity contribution in [3.8, 4) is 5.75 Å². The van der Waals surface area contributed by atoms with E-state index in [0.717, 1.165) is 18.9 Å². The number of carbonyl (C=O) groups is 2. The van der Waals surface area contributed by atoms with Crippen molar-refractivity contribution in [2.75, 3.05) is 17.7 Å². The molecule has 1 aliphatic rings. The van der Waals surface area contributed by atoms with Crippen molar-refractivity contribution in [3.63, 3.8) is 0 Å². The van der Waals surface area contributed by atoms with E-state index >= 15 is 0 Å². The quantitative estimate of drug-likeness (QED) is 0.690. The monoisotopic (exact) mass is 404 g/mol. The maximum atomic E-state index is 14.0. The van der Waals surface area contributed by atoms with Gasteiger partial charge in [0.2, 0.25) is 5.91 Å². The van der Waals surface area contributed by atoms with E-state index in [9.17, 15) is 14.0 Å². The molecule has 3 rings (SSSR count). The van der Waals surface area contributed by atoms with Gasteiger partial charge in [-0.2, -0.15) is 0 Å². The van der Waals surface area contributed by atoms with Gasteiger partial charge in [0, 0.05) is 17.1 Å². The van der Waals surface area contributed by atoms with Crippen molar-refractivity contribution in [2.24, 2.45) is 5.92 Å². The van der Waals surface area contributed by atoms with Gasteiger partial charge >= 0.3 is 0 Å². The first-order chi connectivity index (χ1) is 13.5. The Kier molecular flexibility index (Phi) is 6.52. The lowest BCUT2D eigenvalue weighted by atomic mass is 10.0. The first kappa shape index (κ1) is 20.1. The maximum absolute atomic E-state index is 14.0. The smallest absolute Gasteiger partial charge is 0.258 e. The van der Waals surface area contributed by atoms with E-state index in [1.165, 1.54) is 32.1 Å². The fraction of sp³-hybridized carbons (Fsp3) is 0.333. The molecule has 0 radical (unpaired) electrons. The Morgan fingerprint density at radius 3 is 2.57 bits per heavy atom. The van der Waals surface area contributed by atoms with Crippen LogP contribution in [0.3, 0.4) is 0 Å². The predicted molar refractivity (Wildman–Crippen MR) is 108 cm³/mol. The van der Waals surface area contributed by atoms with Gasteiger partial charge in [-0.1, -0.05) is 24.4 Å². The highest BCUT2D eigenvalue weighted by molar-refractivity contribution is 6.30. The molecular formula is C21H22ClFN2O3. The number of ether oxygens (including phenoxy) is 1. The summed E-state index contributed by atoms with van der Waals surface area (Å²) in [5, 5.41) is 5.69. The number of nitrogens with one attached hydrogen (secondary N) is 2. The molecule has 2 amide bonds. The van der Waals surface area contributed by atoms with Crippen LogP contribution in [0, 0.1) is 11.7 Å². The maximum Gasteiger partial charge on any atom is 0.258 e. The summed E-state index contributed by atoms with van der Waals surface area (Å²) in [5.41, 5.74) is 0.735. The van der Waals surface area contributed by atoms with E-state index in [1.54, 1.807) is 18.2 Å². The molecule has 0 heterocycles. The van der Waals surface area contributed by atoms with Crippen LogP contribution in [-0.4, -0.2) is 18.9 Å². The van der Waals surface area contributed by atoms with E-state index < -0.39 is 11.7 Å². The minimum absolute atomic E-state index is 0.0573. The summed E-state index contributed by atoms with van der Waals surface area (Å²) in [6.07, 6.45) is 5.02. The third-order valence-electron chi connectivity index (χ3n) is 4.86. The SMILES string of the molecule is COc1ccc(NC(=O)CC2CCCC2)cc1NC(=O)c1ccc(Cl)cc1F. The summed E-state index contributed by atoms with van der Waals surface area (Å²) in [6.45, 7) is 0. The van der Waals surface area contributed by atoms with Crippen LogP contribution in [0.5, 0.6) is 5.75 Å². The summed E-state index contributed by atoms with van der Waals surface area (Å²) in [6, 6.07) is 8.76. The highest BCUT2D eigenvalue weighted by Gasteiger charge is 2.19. The van der Waals surface area contributed by atoms with Gasteiger partial charge in [0.1, 0.15) is 11.6 Å². The van der Waals surface area contributed by atoms with Gasteiger partial charge in [-0.05, 0) is 55.2 Å². The second kappa shape index (κ2) is 9.06. The Hall–Kier alpha value is -2.60. The topological polar surface area (TPSA) is 67.4 Å². The van der Waals surface area contributed by atoms with Gasteiger partial charge in [-0.15, -0.1) is 0 Å². The van der Waals surface area contributed by atoms with Crippen molar-refractivity contribution >= 4 is 34.8 Å². The third kappa shape index (κ3) is 5.01. The lowest BCUT2D eigenvalue weighted by Gasteiger charge is -2.14. The number of benzene rings is 2. The number of anilines is 2. The van der Waals surface area contributed by atoms with E-state index in [4.69, 9.17) is 16.3 Å². The number of halogens is 2. The van der Waals surface area contributed by atoms with Crippen molar-refractivity contribution < 1.29 is 18.7 Å². The van der Waals surface area contributed by atoms with Crippen molar-refractivity contribution in [1.82, 2.24) is 0 Å². The minimum atomic E-state index is -0.718. The molecule has 0 spiro atoms. The molecule has 0 unspecified atom stereocenters. The molecular weight excluding hydrogens is 383 g/mol. The Morgan fingerprint density at radius 1 is 1.14 bits per heavy atom. The third-order valence-corrected chi connectivity index (χ3v) is 5.09. The fourth-order valence-corrected chi connectivity index (χ4v) is 3.59. The largest absolute Gasteiger partial charge is 0.495 e. The number of rotatable bonds is 6. The summed E-state index contributed by atoms with van der Waals surface area (Å²) in [5.74, 6) is -0.577. The van der Waals surface area contributed by atoms with Crippen molar-refractivity contribution in [1.29, 1.82) is 0 Å². The average Bonchev–Trinajstić information content (AvgIpc) is 3.14. The predicted octanol–water partition coefficient (Wildman–Crippen LogP) is 5.26. The second-order valence-electron chi connectivity index (χ2n) is 6.90. The van der Waals surface area contributed by atoms with Gasteiger partial charge in [0.25, 0.3) is 5.91 Å². The molecule has 2 aromatic carbocycles. The highest BCUT2D eigenvalue weighted by atomic mass is 35.5. The van der Waals surface area contributed by atoms with Crippen LogP contribution in [0.4, 0.5) is 15.8 Å². The molecule has 0 aliphatic heterocycles. The van der Waals surface area contributed by atoms with E-state index in [1.807, 2.05) is 0 Å². The number of hydrogen-bond acceptors (Lipinski definition) is 3. The molecule has 2 aromatic rings. The molecule has 0 aromatic heterocycles. The van der Waals surface area contributed by atoms with Gasteiger partial charge in [0.05, 0.1) is 18.4 Å². The zero-order valence-electron chi connectivity index (χ0n) is 15.6. The summed E-state index contributed by atoms with van der Waals surface area (Å²) in [4.78, 5) is 24.7. The van der Waals surface area contributed by atoms with Crippen LogP contribution >= 0.6 is 11.6 Å². The second-order valence-corrected chi connectivity index (χ2v) is 7.33. The zero-order valence-corrected chi connectivity index (χ0v) is 16.3. The molecule has 0 atom stereocenters.